The lowest BCUT2D eigenvalue weighted by Crippen LogP contribution is -2.38. The number of esters is 1. The summed E-state index contributed by atoms with van der Waals surface area (Å²) in [5.74, 6) is -1.94. The molecule has 130 valence electrons. The van der Waals surface area contributed by atoms with Gasteiger partial charge in [-0.1, -0.05) is 6.07 Å². The molecule has 0 aliphatic heterocycles. The summed E-state index contributed by atoms with van der Waals surface area (Å²) in [7, 11) is 2.84. The number of nitrogens with one attached hydrogen (secondary N) is 1. The Bertz CT molecular complexity index is 762. The molecule has 7 heteroatoms. The first-order valence-corrected chi connectivity index (χ1v) is 7.65. The van der Waals surface area contributed by atoms with Gasteiger partial charge in [0, 0.05) is 31.7 Å². The van der Waals surface area contributed by atoms with E-state index in [4.69, 9.17) is 0 Å². The lowest BCUT2D eigenvalue weighted by Gasteiger charge is -2.16. The van der Waals surface area contributed by atoms with Crippen molar-refractivity contribution in [3.05, 3.63) is 59.9 Å². The Labute approximate surface area is 145 Å². The van der Waals surface area contributed by atoms with Crippen LogP contribution >= 0.6 is 0 Å². The van der Waals surface area contributed by atoms with E-state index in [1.54, 1.807) is 37.6 Å². The smallest absolute Gasteiger partial charge is 0.337 e. The van der Waals surface area contributed by atoms with Gasteiger partial charge in [-0.2, -0.15) is 0 Å². The van der Waals surface area contributed by atoms with E-state index in [0.717, 1.165) is 5.56 Å². The van der Waals surface area contributed by atoms with Gasteiger partial charge in [-0.25, -0.2) is 4.79 Å². The number of ether oxygens (including phenoxy) is 1. The molecule has 0 unspecified atom stereocenters. The van der Waals surface area contributed by atoms with Crippen LogP contribution in [0.3, 0.4) is 0 Å². The van der Waals surface area contributed by atoms with Crippen molar-refractivity contribution in [1.82, 2.24) is 9.88 Å². The van der Waals surface area contributed by atoms with Crippen molar-refractivity contribution in [3.63, 3.8) is 0 Å². The Morgan fingerprint density at radius 3 is 2.56 bits per heavy atom. The van der Waals surface area contributed by atoms with E-state index in [-0.39, 0.29) is 0 Å². The highest BCUT2D eigenvalue weighted by molar-refractivity contribution is 6.39. The molecule has 1 aromatic carbocycles. The fourth-order valence-corrected chi connectivity index (χ4v) is 2.15. The molecule has 2 aromatic rings. The van der Waals surface area contributed by atoms with Gasteiger partial charge in [0.1, 0.15) is 0 Å². The SMILES string of the molecule is COC(=O)c1cccc(NC(=O)C(=O)N(C)CCc2ccncc2)c1. The van der Waals surface area contributed by atoms with Crippen LogP contribution in [0.5, 0.6) is 0 Å². The molecule has 25 heavy (non-hydrogen) atoms. The summed E-state index contributed by atoms with van der Waals surface area (Å²) >= 11 is 0. The molecule has 0 aliphatic rings. The van der Waals surface area contributed by atoms with Gasteiger partial charge in [-0.05, 0) is 42.3 Å². The summed E-state index contributed by atoms with van der Waals surface area (Å²) in [4.78, 5) is 41.0. The Morgan fingerprint density at radius 1 is 1.16 bits per heavy atom. The first kappa shape index (κ1) is 18.1. The van der Waals surface area contributed by atoms with Crippen molar-refractivity contribution in [1.29, 1.82) is 0 Å². The minimum Gasteiger partial charge on any atom is -0.465 e. The number of benzene rings is 1. The van der Waals surface area contributed by atoms with E-state index in [1.807, 2.05) is 12.1 Å². The second-order valence-electron chi connectivity index (χ2n) is 5.36. The van der Waals surface area contributed by atoms with Crippen LogP contribution in [0, 0.1) is 0 Å². The number of rotatable bonds is 5. The average molecular weight is 341 g/mol. The molecule has 1 aromatic heterocycles. The summed E-state index contributed by atoms with van der Waals surface area (Å²) < 4.78 is 4.62. The molecule has 0 bridgehead atoms. The van der Waals surface area contributed by atoms with Gasteiger partial charge in [0.25, 0.3) is 0 Å². The average Bonchev–Trinajstić information content (AvgIpc) is 2.65. The van der Waals surface area contributed by atoms with Gasteiger partial charge in [0.15, 0.2) is 0 Å². The molecule has 0 aliphatic carbocycles. The molecule has 2 rings (SSSR count). The van der Waals surface area contributed by atoms with Crippen LogP contribution in [-0.2, 0) is 20.7 Å². The highest BCUT2D eigenvalue weighted by Crippen LogP contribution is 2.12. The summed E-state index contributed by atoms with van der Waals surface area (Å²) in [6.45, 7) is 0.401. The number of aromatic nitrogens is 1. The number of anilines is 1. The molecular weight excluding hydrogens is 322 g/mol. The Balaban J connectivity index is 1.93. The number of methoxy groups -OCH3 is 1. The first-order chi connectivity index (χ1) is 12.0. The first-order valence-electron chi connectivity index (χ1n) is 7.65. The number of carbonyl (C=O) groups excluding carboxylic acids is 3. The zero-order chi connectivity index (χ0) is 18.2. The molecule has 0 fully saturated rings. The van der Waals surface area contributed by atoms with Gasteiger partial charge >= 0.3 is 17.8 Å². The zero-order valence-electron chi connectivity index (χ0n) is 14.1. The highest BCUT2D eigenvalue weighted by Gasteiger charge is 2.19. The number of nitrogens with zero attached hydrogens (tertiary/aromatic N) is 2. The van der Waals surface area contributed by atoms with Crippen molar-refractivity contribution in [3.8, 4) is 0 Å². The van der Waals surface area contributed by atoms with Crippen LogP contribution in [0.1, 0.15) is 15.9 Å². The molecule has 0 saturated heterocycles. The van der Waals surface area contributed by atoms with Gasteiger partial charge in [0.2, 0.25) is 0 Å². The van der Waals surface area contributed by atoms with E-state index < -0.39 is 17.8 Å². The van der Waals surface area contributed by atoms with Gasteiger partial charge < -0.3 is 15.0 Å². The second kappa shape index (κ2) is 8.58. The fraction of sp³-hybridized carbons (Fsp3) is 0.222. The Hall–Kier alpha value is -3.22. The van der Waals surface area contributed by atoms with E-state index in [2.05, 4.69) is 15.0 Å². The van der Waals surface area contributed by atoms with Crippen LogP contribution in [0.2, 0.25) is 0 Å². The fourth-order valence-electron chi connectivity index (χ4n) is 2.15. The molecule has 1 N–H and O–H groups in total. The van der Waals surface area contributed by atoms with E-state index in [0.29, 0.717) is 24.2 Å². The third-order valence-corrected chi connectivity index (χ3v) is 3.57. The number of likely N-dealkylation sites (N-methyl/N-ethyl adjacent to an activating group) is 1. The van der Waals surface area contributed by atoms with E-state index in [9.17, 15) is 14.4 Å². The highest BCUT2D eigenvalue weighted by atomic mass is 16.5. The minimum atomic E-state index is -0.765. The van der Waals surface area contributed by atoms with Crippen LogP contribution in [0.4, 0.5) is 5.69 Å². The van der Waals surface area contributed by atoms with Gasteiger partial charge in [0.05, 0.1) is 12.7 Å². The molecule has 0 spiro atoms. The summed E-state index contributed by atoms with van der Waals surface area (Å²) in [6, 6.07) is 9.92. The normalized spacial score (nSPS) is 10.0. The molecule has 0 radical (unpaired) electrons. The Morgan fingerprint density at radius 2 is 1.88 bits per heavy atom. The maximum atomic E-state index is 12.2. The quantitative estimate of drug-likeness (QED) is 0.658. The number of amides is 2. The lowest BCUT2D eigenvalue weighted by molar-refractivity contribution is -0.142. The summed E-state index contributed by atoms with van der Waals surface area (Å²) in [6.07, 6.45) is 3.98. The number of hydrogen-bond acceptors (Lipinski definition) is 5. The number of hydrogen-bond donors (Lipinski definition) is 1. The molecule has 0 saturated carbocycles. The van der Waals surface area contributed by atoms with Gasteiger partial charge in [-0.3, -0.25) is 14.6 Å². The topological polar surface area (TPSA) is 88.6 Å². The zero-order valence-corrected chi connectivity index (χ0v) is 14.1. The predicted octanol–water partition coefficient (Wildman–Crippen LogP) is 1.51. The monoisotopic (exact) mass is 341 g/mol. The molecule has 0 atom stereocenters. The van der Waals surface area contributed by atoms with Crippen molar-refractivity contribution >= 4 is 23.5 Å². The third-order valence-electron chi connectivity index (χ3n) is 3.57. The second-order valence-corrected chi connectivity index (χ2v) is 5.36. The van der Waals surface area contributed by atoms with Crippen molar-refractivity contribution in [2.24, 2.45) is 0 Å². The van der Waals surface area contributed by atoms with E-state index >= 15 is 0 Å². The van der Waals surface area contributed by atoms with Crippen LogP contribution < -0.4 is 5.32 Å². The molecule has 2 amide bonds. The van der Waals surface area contributed by atoms with Crippen LogP contribution in [0.25, 0.3) is 0 Å². The number of carbonyl (C=O) groups is 3. The third kappa shape index (κ3) is 5.13. The van der Waals surface area contributed by atoms with E-state index in [1.165, 1.54) is 18.1 Å². The van der Waals surface area contributed by atoms with Gasteiger partial charge in [-0.15, -0.1) is 0 Å². The minimum absolute atomic E-state index is 0.291. The van der Waals surface area contributed by atoms with Crippen molar-refractivity contribution in [2.45, 2.75) is 6.42 Å². The molecular formula is C18H19N3O4. The number of pyridine rings is 1. The molecule has 7 nitrogen and oxygen atoms in total. The van der Waals surface area contributed by atoms with Crippen molar-refractivity contribution in [2.75, 3.05) is 26.0 Å². The summed E-state index contributed by atoms with van der Waals surface area (Å²) in [5, 5.41) is 2.49. The largest absolute Gasteiger partial charge is 0.465 e. The standard InChI is InChI=1S/C18H19N3O4/c1-21(11-8-13-6-9-19-10-7-13)17(23)16(22)20-15-5-3-4-14(12-15)18(24)25-2/h3-7,9-10,12H,8,11H2,1-2H3,(H,20,22). The summed E-state index contributed by atoms with van der Waals surface area (Å²) in [5.41, 5.74) is 1.67. The van der Waals surface area contributed by atoms with Crippen LogP contribution in [-0.4, -0.2) is 48.4 Å². The Kier molecular flexibility index (Phi) is 6.22. The predicted molar refractivity (Wildman–Crippen MR) is 92.0 cm³/mol. The maximum Gasteiger partial charge on any atom is 0.337 e. The molecule has 1 heterocycles. The van der Waals surface area contributed by atoms with Crippen molar-refractivity contribution < 1.29 is 19.1 Å². The maximum absolute atomic E-state index is 12.2. The lowest BCUT2D eigenvalue weighted by atomic mass is 10.2. The van der Waals surface area contributed by atoms with Crippen LogP contribution in [0.15, 0.2) is 48.8 Å².